The van der Waals surface area contributed by atoms with Crippen LogP contribution in [-0.2, 0) is 19.2 Å². The van der Waals surface area contributed by atoms with E-state index in [-0.39, 0.29) is 34.0 Å². The van der Waals surface area contributed by atoms with Crippen LogP contribution in [0.1, 0.15) is 51.7 Å². The van der Waals surface area contributed by atoms with Crippen LogP contribution in [0.2, 0.25) is 15.1 Å². The fourth-order valence-electron chi connectivity index (χ4n) is 5.48. The molecule has 204 valence electrons. The maximum Gasteiger partial charge on any atom is 0.260 e. The molecule has 3 atom stereocenters. The van der Waals surface area contributed by atoms with Gasteiger partial charge in [-0.15, -0.1) is 0 Å². The molecule has 2 aromatic carbocycles. The number of hydrogen-bond acceptors (Lipinski definition) is 6. The van der Waals surface area contributed by atoms with E-state index in [2.05, 4.69) is 22.6 Å². The largest absolute Gasteiger partial charge is 0.347 e. The van der Waals surface area contributed by atoms with Crippen LogP contribution in [0.25, 0.3) is 0 Å². The first kappa shape index (κ1) is 27.8. The molecule has 5 rings (SSSR count). The topological polar surface area (TPSA) is 110 Å². The molecule has 1 saturated heterocycles. The monoisotopic (exact) mass is 588 g/mol. The molecule has 2 aliphatic heterocycles. The number of epoxide rings is 1. The van der Waals surface area contributed by atoms with Crippen LogP contribution < -0.4 is 16.2 Å². The molecule has 3 unspecified atom stereocenters. The standard InChI is InChI=1S/C28H27Cl3N4O4/c1-4-27(28(39-27)9-8-15(2)10-16(28)3)26(37)33-19-7-5-6-17(11-19)25(38-32)22-14-23(36)35(34-22)24-20(30)12-18(29)13-21(24)31/h5-8,10-13,25H,4,9,14,32H2,1-3H3,(H,33,37). The van der Waals surface area contributed by atoms with Gasteiger partial charge in [0.2, 0.25) is 0 Å². The second-order valence-electron chi connectivity index (χ2n) is 9.88. The van der Waals surface area contributed by atoms with Gasteiger partial charge in [-0.05, 0) is 55.7 Å². The lowest BCUT2D eigenvalue weighted by atomic mass is 9.78. The fraction of sp³-hybridized carbons (Fsp3) is 0.321. The first-order valence-electron chi connectivity index (χ1n) is 12.4. The van der Waals surface area contributed by atoms with Crippen LogP contribution in [0.15, 0.2) is 64.8 Å². The van der Waals surface area contributed by atoms with Crippen molar-refractivity contribution in [2.24, 2.45) is 11.0 Å². The lowest BCUT2D eigenvalue weighted by Crippen LogP contribution is -2.39. The van der Waals surface area contributed by atoms with Gasteiger partial charge in [0.1, 0.15) is 17.4 Å². The summed E-state index contributed by atoms with van der Waals surface area (Å²) in [6.45, 7) is 5.98. The Labute approximate surface area is 241 Å². The van der Waals surface area contributed by atoms with Crippen LogP contribution in [0, 0.1) is 0 Å². The molecule has 0 aromatic heterocycles. The van der Waals surface area contributed by atoms with Gasteiger partial charge in [-0.1, -0.05) is 71.6 Å². The Morgan fingerprint density at radius 3 is 2.59 bits per heavy atom. The lowest BCUT2D eigenvalue weighted by Gasteiger charge is -2.22. The highest BCUT2D eigenvalue weighted by Crippen LogP contribution is 2.59. The lowest BCUT2D eigenvalue weighted by molar-refractivity contribution is -0.121. The molecule has 1 fully saturated rings. The number of halogens is 3. The van der Waals surface area contributed by atoms with Gasteiger partial charge >= 0.3 is 0 Å². The molecule has 0 saturated carbocycles. The van der Waals surface area contributed by atoms with Crippen molar-refractivity contribution in [1.29, 1.82) is 0 Å². The van der Waals surface area contributed by atoms with Crippen LogP contribution in [0.3, 0.4) is 0 Å². The minimum atomic E-state index is -0.954. The van der Waals surface area contributed by atoms with E-state index in [0.717, 1.165) is 16.2 Å². The zero-order valence-electron chi connectivity index (χ0n) is 21.6. The van der Waals surface area contributed by atoms with Crippen molar-refractivity contribution in [3.63, 3.8) is 0 Å². The molecule has 1 spiro atoms. The van der Waals surface area contributed by atoms with Crippen LogP contribution in [-0.4, -0.2) is 28.7 Å². The zero-order chi connectivity index (χ0) is 28.1. The van der Waals surface area contributed by atoms with Gasteiger partial charge in [0, 0.05) is 17.1 Å². The third kappa shape index (κ3) is 4.69. The number of benzene rings is 2. The Kier molecular flexibility index (Phi) is 7.39. The van der Waals surface area contributed by atoms with Gasteiger partial charge in [0.25, 0.3) is 11.8 Å². The van der Waals surface area contributed by atoms with E-state index in [9.17, 15) is 9.59 Å². The molecule has 3 N–H and O–H groups in total. The summed E-state index contributed by atoms with van der Waals surface area (Å²) in [5.74, 6) is 5.09. The Balaban J connectivity index is 1.38. The van der Waals surface area contributed by atoms with E-state index < -0.39 is 17.3 Å². The second-order valence-corrected chi connectivity index (χ2v) is 11.1. The Bertz CT molecular complexity index is 1450. The Morgan fingerprint density at radius 1 is 1.23 bits per heavy atom. The number of carbonyl (C=O) groups is 2. The molecule has 3 aliphatic rings. The Morgan fingerprint density at radius 2 is 1.95 bits per heavy atom. The molecule has 2 heterocycles. The number of rotatable bonds is 7. The maximum absolute atomic E-state index is 13.5. The van der Waals surface area contributed by atoms with Crippen LogP contribution >= 0.6 is 34.8 Å². The third-order valence-corrected chi connectivity index (χ3v) is 8.29. The van der Waals surface area contributed by atoms with E-state index in [1.807, 2.05) is 20.8 Å². The number of carbonyl (C=O) groups excluding carboxylic acids is 2. The van der Waals surface area contributed by atoms with Gasteiger partial charge in [-0.25, -0.2) is 5.90 Å². The number of hydrazone groups is 1. The molecule has 39 heavy (non-hydrogen) atoms. The molecule has 0 bridgehead atoms. The highest BCUT2D eigenvalue weighted by Gasteiger charge is 2.73. The predicted octanol–water partition coefficient (Wildman–Crippen LogP) is 6.52. The number of allylic oxidation sites excluding steroid dienone is 2. The van der Waals surface area contributed by atoms with Gasteiger partial charge in [-0.3, -0.25) is 14.4 Å². The SMILES string of the molecule is CCC1(C(=O)Nc2cccc(C(ON)C3=NN(c4c(Cl)cc(Cl)cc4Cl)C(=O)C3)c2)OC12CC=C(C)C=C2C. The summed E-state index contributed by atoms with van der Waals surface area (Å²) in [5, 5.41) is 9.24. The number of amides is 2. The molecule has 2 aromatic rings. The van der Waals surface area contributed by atoms with Crippen molar-refractivity contribution in [2.75, 3.05) is 10.3 Å². The van der Waals surface area contributed by atoms with Crippen molar-refractivity contribution < 1.29 is 19.2 Å². The summed E-state index contributed by atoms with van der Waals surface area (Å²) in [5.41, 5.74) is 2.33. The first-order valence-corrected chi connectivity index (χ1v) is 13.6. The number of anilines is 2. The van der Waals surface area contributed by atoms with E-state index in [1.54, 1.807) is 24.3 Å². The molecule has 0 radical (unpaired) electrons. The number of ether oxygens (including phenoxy) is 1. The predicted molar refractivity (Wildman–Crippen MR) is 153 cm³/mol. The van der Waals surface area contributed by atoms with Gasteiger partial charge < -0.3 is 10.1 Å². The van der Waals surface area contributed by atoms with Crippen molar-refractivity contribution >= 4 is 63.7 Å². The summed E-state index contributed by atoms with van der Waals surface area (Å²) in [6, 6.07) is 10.00. The molecule has 1 aliphatic carbocycles. The van der Waals surface area contributed by atoms with Crippen molar-refractivity contribution in [1.82, 2.24) is 0 Å². The summed E-state index contributed by atoms with van der Waals surface area (Å²) >= 11 is 18.6. The second kappa shape index (κ2) is 10.4. The highest BCUT2D eigenvalue weighted by molar-refractivity contribution is 6.42. The Hall–Kier alpha value is -2.72. The zero-order valence-corrected chi connectivity index (χ0v) is 23.8. The van der Waals surface area contributed by atoms with Crippen molar-refractivity contribution in [3.8, 4) is 0 Å². The number of nitrogens with one attached hydrogen (secondary N) is 1. The number of hydrogen-bond donors (Lipinski definition) is 2. The third-order valence-electron chi connectivity index (χ3n) is 7.49. The van der Waals surface area contributed by atoms with Gasteiger partial charge in [-0.2, -0.15) is 10.1 Å². The summed E-state index contributed by atoms with van der Waals surface area (Å²) in [7, 11) is 0. The minimum absolute atomic E-state index is 0.0679. The minimum Gasteiger partial charge on any atom is -0.347 e. The summed E-state index contributed by atoms with van der Waals surface area (Å²) < 4.78 is 6.19. The van der Waals surface area contributed by atoms with Gasteiger partial charge in [0.15, 0.2) is 5.60 Å². The van der Waals surface area contributed by atoms with E-state index in [1.165, 1.54) is 12.1 Å². The van der Waals surface area contributed by atoms with E-state index in [4.69, 9.17) is 50.3 Å². The van der Waals surface area contributed by atoms with Crippen LogP contribution in [0.5, 0.6) is 0 Å². The number of nitrogens with zero attached hydrogens (tertiary/aromatic N) is 2. The van der Waals surface area contributed by atoms with Crippen molar-refractivity contribution in [2.45, 2.75) is 57.3 Å². The molecule has 8 nitrogen and oxygen atoms in total. The molecular weight excluding hydrogens is 563 g/mol. The number of nitrogens with two attached hydrogens (primary N) is 1. The summed E-state index contributed by atoms with van der Waals surface area (Å²) in [6.07, 6.45) is 4.41. The first-order chi connectivity index (χ1) is 18.5. The average molecular weight is 590 g/mol. The molecule has 11 heteroatoms. The normalized spacial score (nSPS) is 24.8. The quantitative estimate of drug-likeness (QED) is 0.282. The van der Waals surface area contributed by atoms with Crippen LogP contribution in [0.4, 0.5) is 11.4 Å². The fourth-order valence-corrected chi connectivity index (χ4v) is 6.45. The van der Waals surface area contributed by atoms with E-state index >= 15 is 0 Å². The van der Waals surface area contributed by atoms with Crippen molar-refractivity contribution in [3.05, 3.63) is 80.3 Å². The summed E-state index contributed by atoms with van der Waals surface area (Å²) in [4.78, 5) is 31.6. The maximum atomic E-state index is 13.5. The smallest absolute Gasteiger partial charge is 0.260 e. The average Bonchev–Trinajstić information content (AvgIpc) is 3.42. The van der Waals surface area contributed by atoms with Gasteiger partial charge in [0.05, 0.1) is 22.2 Å². The molecular formula is C28H27Cl3N4O4. The van der Waals surface area contributed by atoms with E-state index in [0.29, 0.717) is 34.8 Å². The highest BCUT2D eigenvalue weighted by atomic mass is 35.5. The molecule has 2 amide bonds.